The van der Waals surface area contributed by atoms with Crippen molar-refractivity contribution in [1.82, 2.24) is 14.9 Å². The summed E-state index contributed by atoms with van der Waals surface area (Å²) in [7, 11) is 0. The summed E-state index contributed by atoms with van der Waals surface area (Å²) in [5.74, 6) is 0.615. The highest BCUT2D eigenvalue weighted by molar-refractivity contribution is 5.12. The largest absolute Gasteiger partial charge is 0.379 e. The molecule has 2 aliphatic heterocycles. The first-order chi connectivity index (χ1) is 8.30. The molecular formula is C13H21N3O. The van der Waals surface area contributed by atoms with Crippen molar-refractivity contribution in [2.24, 2.45) is 0 Å². The Bertz CT molecular complexity index is 376. The van der Waals surface area contributed by atoms with Gasteiger partial charge in [-0.1, -0.05) is 0 Å². The van der Waals surface area contributed by atoms with E-state index < -0.39 is 0 Å². The molecule has 1 N–H and O–H groups in total. The zero-order valence-electron chi connectivity index (χ0n) is 10.5. The van der Waals surface area contributed by atoms with Crippen molar-refractivity contribution in [3.8, 4) is 0 Å². The maximum absolute atomic E-state index is 5.56. The van der Waals surface area contributed by atoms with Gasteiger partial charge < -0.3 is 14.6 Å². The van der Waals surface area contributed by atoms with E-state index in [1.165, 1.54) is 18.5 Å². The van der Waals surface area contributed by atoms with Crippen LogP contribution in [-0.4, -0.2) is 35.9 Å². The van der Waals surface area contributed by atoms with Crippen LogP contribution in [0.2, 0.25) is 0 Å². The third kappa shape index (κ3) is 2.00. The molecule has 2 aliphatic rings. The number of piperidine rings is 1. The van der Waals surface area contributed by atoms with E-state index >= 15 is 0 Å². The van der Waals surface area contributed by atoms with Gasteiger partial charge in [-0.05, 0) is 32.7 Å². The second-order valence-corrected chi connectivity index (χ2v) is 5.53. The van der Waals surface area contributed by atoms with Gasteiger partial charge in [0.1, 0.15) is 0 Å². The van der Waals surface area contributed by atoms with E-state index in [1.807, 2.05) is 12.5 Å². The Balaban J connectivity index is 1.87. The minimum atomic E-state index is 0.114. The highest BCUT2D eigenvalue weighted by Gasteiger charge is 2.34. The molecule has 0 aromatic carbocycles. The number of hydrogen-bond acceptors (Lipinski definition) is 3. The van der Waals surface area contributed by atoms with E-state index in [9.17, 15) is 0 Å². The van der Waals surface area contributed by atoms with Crippen LogP contribution in [0.5, 0.6) is 0 Å². The molecule has 2 unspecified atom stereocenters. The highest BCUT2D eigenvalue weighted by atomic mass is 16.5. The number of imidazole rings is 1. The summed E-state index contributed by atoms with van der Waals surface area (Å²) in [4.78, 5) is 4.37. The van der Waals surface area contributed by atoms with Gasteiger partial charge in [-0.3, -0.25) is 0 Å². The van der Waals surface area contributed by atoms with Crippen LogP contribution in [0.4, 0.5) is 0 Å². The lowest BCUT2D eigenvalue weighted by molar-refractivity contribution is 0.159. The van der Waals surface area contributed by atoms with Crippen molar-refractivity contribution in [2.45, 2.75) is 37.6 Å². The Morgan fingerprint density at radius 1 is 1.59 bits per heavy atom. The molecule has 0 radical (unpaired) electrons. The molecule has 3 heterocycles. The normalized spacial score (nSPS) is 34.1. The fourth-order valence-corrected chi connectivity index (χ4v) is 3.01. The summed E-state index contributed by atoms with van der Waals surface area (Å²) in [5, 5.41) is 3.48. The van der Waals surface area contributed by atoms with Crippen LogP contribution in [0.1, 0.15) is 37.8 Å². The summed E-state index contributed by atoms with van der Waals surface area (Å²) in [6, 6.07) is 0. The molecule has 0 bridgehead atoms. The minimum Gasteiger partial charge on any atom is -0.379 e. The van der Waals surface area contributed by atoms with Crippen molar-refractivity contribution < 1.29 is 4.74 Å². The average Bonchev–Trinajstić information content (AvgIpc) is 2.99. The van der Waals surface area contributed by atoms with E-state index in [-0.39, 0.29) is 5.54 Å². The average molecular weight is 235 g/mol. The van der Waals surface area contributed by atoms with Gasteiger partial charge in [0, 0.05) is 31.0 Å². The Labute approximate surface area is 102 Å². The molecule has 17 heavy (non-hydrogen) atoms. The Kier molecular flexibility index (Phi) is 2.92. The highest BCUT2D eigenvalue weighted by Crippen LogP contribution is 2.32. The van der Waals surface area contributed by atoms with Gasteiger partial charge in [-0.25, -0.2) is 4.98 Å². The lowest BCUT2D eigenvalue weighted by atomic mass is 9.94. The summed E-state index contributed by atoms with van der Waals surface area (Å²) in [6.45, 7) is 6.21. The monoisotopic (exact) mass is 235 g/mol. The Morgan fingerprint density at radius 3 is 3.24 bits per heavy atom. The number of ether oxygens (including phenoxy) is 1. The predicted octanol–water partition coefficient (Wildman–Crippen LogP) is 1.49. The van der Waals surface area contributed by atoms with E-state index in [0.717, 1.165) is 32.7 Å². The van der Waals surface area contributed by atoms with Gasteiger partial charge in [-0.15, -0.1) is 0 Å². The zero-order valence-corrected chi connectivity index (χ0v) is 10.5. The summed E-state index contributed by atoms with van der Waals surface area (Å²) < 4.78 is 7.92. The van der Waals surface area contributed by atoms with Gasteiger partial charge >= 0.3 is 0 Å². The van der Waals surface area contributed by atoms with Gasteiger partial charge in [-0.2, -0.15) is 0 Å². The maximum atomic E-state index is 5.56. The van der Waals surface area contributed by atoms with Gasteiger partial charge in [0.05, 0.1) is 18.5 Å². The first-order valence-corrected chi connectivity index (χ1v) is 6.61. The van der Waals surface area contributed by atoms with Crippen LogP contribution in [0.25, 0.3) is 0 Å². The molecule has 0 amide bonds. The number of aromatic nitrogens is 2. The van der Waals surface area contributed by atoms with Gasteiger partial charge in [0.15, 0.2) is 0 Å². The van der Waals surface area contributed by atoms with E-state index in [2.05, 4.69) is 21.8 Å². The smallest absolute Gasteiger partial charge is 0.0954 e. The van der Waals surface area contributed by atoms with Crippen molar-refractivity contribution in [3.05, 3.63) is 18.2 Å². The number of nitrogens with one attached hydrogen (secondary N) is 1. The zero-order chi connectivity index (χ0) is 11.7. The van der Waals surface area contributed by atoms with Crippen LogP contribution >= 0.6 is 0 Å². The van der Waals surface area contributed by atoms with Gasteiger partial charge in [0.2, 0.25) is 0 Å². The summed E-state index contributed by atoms with van der Waals surface area (Å²) in [5.41, 5.74) is 1.49. The predicted molar refractivity (Wildman–Crippen MR) is 66.2 cm³/mol. The molecule has 94 valence electrons. The molecule has 1 aromatic rings. The molecule has 0 aliphatic carbocycles. The second kappa shape index (κ2) is 4.42. The van der Waals surface area contributed by atoms with Crippen molar-refractivity contribution >= 4 is 0 Å². The van der Waals surface area contributed by atoms with Crippen molar-refractivity contribution in [3.63, 3.8) is 0 Å². The molecule has 3 rings (SSSR count). The topological polar surface area (TPSA) is 39.1 Å². The molecule has 0 spiro atoms. The van der Waals surface area contributed by atoms with Crippen LogP contribution in [0.15, 0.2) is 12.5 Å². The first-order valence-electron chi connectivity index (χ1n) is 6.61. The second-order valence-electron chi connectivity index (χ2n) is 5.53. The standard InChI is InChI=1S/C13H21N3O/c1-13(4-6-17-9-13)16-10-15-8-12(16)11-3-2-5-14-7-11/h8,10-11,14H,2-7,9H2,1H3. The summed E-state index contributed by atoms with van der Waals surface area (Å²) in [6.07, 6.45) is 7.66. The molecule has 4 nitrogen and oxygen atoms in total. The van der Waals surface area contributed by atoms with E-state index in [0.29, 0.717) is 5.92 Å². The molecule has 4 heteroatoms. The molecular weight excluding hydrogens is 214 g/mol. The molecule has 1 aromatic heterocycles. The van der Waals surface area contributed by atoms with Crippen molar-refractivity contribution in [2.75, 3.05) is 26.3 Å². The lowest BCUT2D eigenvalue weighted by Crippen LogP contribution is -2.35. The molecule has 2 saturated heterocycles. The van der Waals surface area contributed by atoms with E-state index in [1.54, 1.807) is 0 Å². The fourth-order valence-electron chi connectivity index (χ4n) is 3.01. The number of rotatable bonds is 2. The van der Waals surface area contributed by atoms with E-state index in [4.69, 9.17) is 4.74 Å². The fraction of sp³-hybridized carbons (Fsp3) is 0.769. The SMILES string of the molecule is CC1(n2cncc2C2CCCNC2)CCOC1. The summed E-state index contributed by atoms with van der Waals surface area (Å²) >= 11 is 0. The van der Waals surface area contributed by atoms with Crippen LogP contribution in [0, 0.1) is 0 Å². The Hall–Kier alpha value is -0.870. The molecule has 2 atom stereocenters. The maximum Gasteiger partial charge on any atom is 0.0954 e. The van der Waals surface area contributed by atoms with Crippen LogP contribution < -0.4 is 5.32 Å². The third-order valence-electron chi connectivity index (χ3n) is 4.16. The third-order valence-corrected chi connectivity index (χ3v) is 4.16. The number of hydrogen-bond donors (Lipinski definition) is 1. The quantitative estimate of drug-likeness (QED) is 0.844. The molecule has 2 fully saturated rings. The first kappa shape index (κ1) is 11.2. The minimum absolute atomic E-state index is 0.114. The van der Waals surface area contributed by atoms with Gasteiger partial charge in [0.25, 0.3) is 0 Å². The van der Waals surface area contributed by atoms with Crippen LogP contribution in [-0.2, 0) is 10.3 Å². The Morgan fingerprint density at radius 2 is 2.53 bits per heavy atom. The van der Waals surface area contributed by atoms with Crippen LogP contribution in [0.3, 0.4) is 0 Å². The van der Waals surface area contributed by atoms with Crippen molar-refractivity contribution in [1.29, 1.82) is 0 Å². The molecule has 0 saturated carbocycles. The number of nitrogens with zero attached hydrogens (tertiary/aromatic N) is 2. The lowest BCUT2D eigenvalue weighted by Gasteiger charge is -2.31.